The molecule has 92 valence electrons. The van der Waals surface area contributed by atoms with Gasteiger partial charge in [0.2, 0.25) is 5.95 Å². The van der Waals surface area contributed by atoms with Crippen molar-refractivity contribution >= 4 is 17.3 Å². The number of hydrogen-bond donors (Lipinski definition) is 2. The molecule has 2 heterocycles. The zero-order chi connectivity index (χ0) is 13.1. The molecule has 0 atom stereocenters. The van der Waals surface area contributed by atoms with E-state index < -0.39 is 16.8 Å². The van der Waals surface area contributed by atoms with E-state index in [1.54, 1.807) is 0 Å². The molecule has 2 aromatic rings. The van der Waals surface area contributed by atoms with Crippen LogP contribution in [0.25, 0.3) is 0 Å². The van der Waals surface area contributed by atoms with Gasteiger partial charge in [0.25, 0.3) is 11.6 Å². The van der Waals surface area contributed by atoms with Gasteiger partial charge in [0.05, 0.1) is 23.0 Å². The maximum absolute atomic E-state index is 12.5. The van der Waals surface area contributed by atoms with Crippen molar-refractivity contribution in [3.8, 4) is 0 Å². The van der Waals surface area contributed by atoms with Gasteiger partial charge in [0.1, 0.15) is 5.69 Å². The average Bonchev–Trinajstić information content (AvgIpc) is 2.81. The van der Waals surface area contributed by atoms with Gasteiger partial charge in [-0.2, -0.15) is 4.39 Å². The number of nitro groups is 1. The summed E-state index contributed by atoms with van der Waals surface area (Å²) in [7, 11) is 0. The van der Waals surface area contributed by atoms with Gasteiger partial charge in [-0.05, 0) is 12.1 Å². The number of carbonyl (C=O) groups excluding carboxylic acids is 1. The normalized spacial score (nSPS) is 10.1. The standard InChI is InChI=1S/C10H7FN4O3/c11-9-2-1-6(4-13-9)14-10(16)8-3-7(5-12-8)15(17)18/h1-5,12H,(H,14,16). The highest BCUT2D eigenvalue weighted by atomic mass is 19.1. The topological polar surface area (TPSA) is 101 Å². The molecule has 0 bridgehead atoms. The van der Waals surface area contributed by atoms with Crippen molar-refractivity contribution in [2.75, 3.05) is 5.32 Å². The number of hydrogen-bond acceptors (Lipinski definition) is 4. The molecule has 0 aliphatic rings. The van der Waals surface area contributed by atoms with Crippen LogP contribution in [0.1, 0.15) is 10.5 Å². The molecule has 8 heteroatoms. The Morgan fingerprint density at radius 3 is 2.83 bits per heavy atom. The Morgan fingerprint density at radius 2 is 2.28 bits per heavy atom. The molecule has 0 radical (unpaired) electrons. The van der Waals surface area contributed by atoms with Crippen LogP contribution < -0.4 is 5.32 Å². The van der Waals surface area contributed by atoms with Crippen LogP contribution in [0.2, 0.25) is 0 Å². The third-order valence-electron chi connectivity index (χ3n) is 2.11. The minimum atomic E-state index is -0.663. The predicted molar refractivity (Wildman–Crippen MR) is 59.6 cm³/mol. The summed E-state index contributed by atoms with van der Waals surface area (Å²) in [6, 6.07) is 3.52. The summed E-state index contributed by atoms with van der Waals surface area (Å²) in [5.74, 6) is -1.24. The molecule has 0 saturated heterocycles. The number of aromatic nitrogens is 2. The molecule has 7 nitrogen and oxygen atoms in total. The number of aromatic amines is 1. The predicted octanol–water partition coefficient (Wildman–Crippen LogP) is 1.71. The Morgan fingerprint density at radius 1 is 1.50 bits per heavy atom. The van der Waals surface area contributed by atoms with E-state index in [2.05, 4.69) is 15.3 Å². The van der Waals surface area contributed by atoms with Gasteiger partial charge in [0, 0.05) is 6.07 Å². The molecule has 18 heavy (non-hydrogen) atoms. The molecule has 0 unspecified atom stereocenters. The fraction of sp³-hybridized carbons (Fsp3) is 0. The summed E-state index contributed by atoms with van der Waals surface area (Å²) in [5, 5.41) is 12.9. The first-order valence-electron chi connectivity index (χ1n) is 4.82. The van der Waals surface area contributed by atoms with Gasteiger partial charge < -0.3 is 10.3 Å². The van der Waals surface area contributed by atoms with Gasteiger partial charge in [-0.3, -0.25) is 14.9 Å². The maximum Gasteiger partial charge on any atom is 0.287 e. The number of nitrogens with zero attached hydrogens (tertiary/aromatic N) is 2. The van der Waals surface area contributed by atoms with Crippen molar-refractivity contribution in [3.63, 3.8) is 0 Å². The number of carbonyl (C=O) groups is 1. The number of amides is 1. The van der Waals surface area contributed by atoms with Crippen molar-refractivity contribution in [2.24, 2.45) is 0 Å². The summed E-state index contributed by atoms with van der Waals surface area (Å²) in [4.78, 5) is 27.3. The van der Waals surface area contributed by atoms with Crippen LogP contribution >= 0.6 is 0 Å². The molecule has 0 spiro atoms. The van der Waals surface area contributed by atoms with E-state index >= 15 is 0 Å². The number of pyridine rings is 1. The smallest absolute Gasteiger partial charge is 0.287 e. The highest BCUT2D eigenvalue weighted by molar-refractivity contribution is 6.03. The number of anilines is 1. The van der Waals surface area contributed by atoms with Crippen LogP contribution in [0.3, 0.4) is 0 Å². The van der Waals surface area contributed by atoms with E-state index in [1.807, 2.05) is 0 Å². The van der Waals surface area contributed by atoms with Crippen LogP contribution in [0, 0.1) is 16.1 Å². The lowest BCUT2D eigenvalue weighted by molar-refractivity contribution is -0.384. The second kappa shape index (κ2) is 4.62. The summed E-state index contributed by atoms with van der Waals surface area (Å²) in [5.41, 5.74) is 0.113. The zero-order valence-corrected chi connectivity index (χ0v) is 8.88. The van der Waals surface area contributed by atoms with Crippen molar-refractivity contribution in [1.82, 2.24) is 9.97 Å². The lowest BCUT2D eigenvalue weighted by Crippen LogP contribution is -2.12. The number of rotatable bonds is 3. The summed E-state index contributed by atoms with van der Waals surface area (Å²) in [6.45, 7) is 0. The summed E-state index contributed by atoms with van der Waals surface area (Å²) < 4.78 is 12.5. The van der Waals surface area contributed by atoms with E-state index in [9.17, 15) is 19.3 Å². The monoisotopic (exact) mass is 250 g/mol. The Bertz CT molecular complexity index is 593. The second-order valence-corrected chi connectivity index (χ2v) is 3.35. The van der Waals surface area contributed by atoms with Gasteiger partial charge in [-0.25, -0.2) is 4.98 Å². The first kappa shape index (κ1) is 11.7. The molecular weight excluding hydrogens is 243 g/mol. The van der Waals surface area contributed by atoms with Crippen molar-refractivity contribution in [1.29, 1.82) is 0 Å². The van der Waals surface area contributed by atoms with E-state index in [-0.39, 0.29) is 11.4 Å². The third kappa shape index (κ3) is 2.48. The Labute approximate surface area is 99.8 Å². The van der Waals surface area contributed by atoms with Crippen molar-refractivity contribution < 1.29 is 14.1 Å². The van der Waals surface area contributed by atoms with E-state index in [1.165, 1.54) is 6.07 Å². The molecule has 0 aromatic carbocycles. The highest BCUT2D eigenvalue weighted by Crippen LogP contribution is 2.14. The highest BCUT2D eigenvalue weighted by Gasteiger charge is 2.14. The molecule has 1 amide bonds. The van der Waals surface area contributed by atoms with Gasteiger partial charge in [0.15, 0.2) is 0 Å². The van der Waals surface area contributed by atoms with Crippen LogP contribution in [-0.4, -0.2) is 20.8 Å². The molecule has 0 saturated carbocycles. The zero-order valence-electron chi connectivity index (χ0n) is 8.88. The number of nitrogens with one attached hydrogen (secondary N) is 2. The molecule has 0 aliphatic heterocycles. The van der Waals surface area contributed by atoms with Gasteiger partial charge >= 0.3 is 0 Å². The quantitative estimate of drug-likeness (QED) is 0.491. The van der Waals surface area contributed by atoms with Crippen LogP contribution in [0.15, 0.2) is 30.6 Å². The van der Waals surface area contributed by atoms with Crippen LogP contribution in [0.4, 0.5) is 15.8 Å². The van der Waals surface area contributed by atoms with Crippen molar-refractivity contribution in [2.45, 2.75) is 0 Å². The molecule has 0 aliphatic carbocycles. The van der Waals surface area contributed by atoms with Crippen LogP contribution in [-0.2, 0) is 0 Å². The lowest BCUT2D eigenvalue weighted by atomic mass is 10.3. The number of halogens is 1. The van der Waals surface area contributed by atoms with Gasteiger partial charge in [-0.15, -0.1) is 0 Å². The Hall–Kier alpha value is -2.77. The first-order valence-corrected chi connectivity index (χ1v) is 4.82. The fourth-order valence-corrected chi connectivity index (χ4v) is 1.27. The Kier molecular flexibility index (Phi) is 3.00. The molecule has 2 rings (SSSR count). The first-order chi connectivity index (χ1) is 8.56. The minimum Gasteiger partial charge on any atom is -0.351 e. The van der Waals surface area contributed by atoms with Crippen molar-refractivity contribution in [3.05, 3.63) is 52.3 Å². The summed E-state index contributed by atoms with van der Waals surface area (Å²) >= 11 is 0. The summed E-state index contributed by atoms with van der Waals surface area (Å²) in [6.07, 6.45) is 2.25. The fourth-order valence-electron chi connectivity index (χ4n) is 1.27. The SMILES string of the molecule is O=C(Nc1ccc(F)nc1)c1cc([N+](=O)[O-])c[nH]1. The van der Waals surface area contributed by atoms with E-state index in [0.717, 1.165) is 24.5 Å². The Balaban J connectivity index is 2.11. The largest absolute Gasteiger partial charge is 0.351 e. The number of H-pyrrole nitrogens is 1. The molecular formula is C10H7FN4O3. The van der Waals surface area contributed by atoms with Crippen LogP contribution in [0.5, 0.6) is 0 Å². The third-order valence-corrected chi connectivity index (χ3v) is 2.11. The van der Waals surface area contributed by atoms with E-state index in [0.29, 0.717) is 5.69 Å². The van der Waals surface area contributed by atoms with E-state index in [4.69, 9.17) is 0 Å². The van der Waals surface area contributed by atoms with Gasteiger partial charge in [-0.1, -0.05) is 0 Å². The second-order valence-electron chi connectivity index (χ2n) is 3.35. The molecule has 2 aromatic heterocycles. The molecule has 2 N–H and O–H groups in total. The maximum atomic E-state index is 12.5. The minimum absolute atomic E-state index is 0.0334. The average molecular weight is 250 g/mol. The lowest BCUT2D eigenvalue weighted by Gasteiger charge is -2.01. The molecule has 0 fully saturated rings.